The van der Waals surface area contributed by atoms with E-state index >= 15 is 0 Å². The Morgan fingerprint density at radius 2 is 1.25 bits per heavy atom. The Balaban J connectivity index is 1.11. The van der Waals surface area contributed by atoms with E-state index in [4.69, 9.17) is 4.74 Å². The third-order valence-corrected chi connectivity index (χ3v) is 17.2. The quantitative estimate of drug-likeness (QED) is 0.0932. The van der Waals surface area contributed by atoms with Crippen LogP contribution in [-0.4, -0.2) is 12.1 Å². The zero-order valence-corrected chi connectivity index (χ0v) is 33.5. The van der Waals surface area contributed by atoms with Crippen molar-refractivity contribution in [2.45, 2.75) is 216 Å². The minimum absolute atomic E-state index is 0.0411. The van der Waals surface area contributed by atoms with Gasteiger partial charge in [-0.15, -0.1) is 0 Å². The summed E-state index contributed by atoms with van der Waals surface area (Å²) in [4.78, 5) is 13.2. The van der Waals surface area contributed by atoms with E-state index in [0.29, 0.717) is 34.0 Å². The molecule has 0 spiro atoms. The summed E-state index contributed by atoms with van der Waals surface area (Å²) in [6, 6.07) is 0. The topological polar surface area (TPSA) is 26.3 Å². The highest BCUT2D eigenvalue weighted by molar-refractivity contribution is 5.69. The Labute approximate surface area is 299 Å². The molecule has 0 aromatic rings. The van der Waals surface area contributed by atoms with E-state index in [-0.39, 0.29) is 17.5 Å². The van der Waals surface area contributed by atoms with Gasteiger partial charge in [-0.25, -0.2) is 0 Å². The minimum atomic E-state index is 0.0411. The molecule has 5 saturated carbocycles. The Hall–Kier alpha value is -0.790. The van der Waals surface area contributed by atoms with Gasteiger partial charge in [0.25, 0.3) is 0 Å². The summed E-state index contributed by atoms with van der Waals surface area (Å²) in [5, 5.41) is 0. The van der Waals surface area contributed by atoms with Crippen LogP contribution in [-0.2, 0) is 9.53 Å². The lowest BCUT2D eigenvalue weighted by molar-refractivity contribution is -0.249. The van der Waals surface area contributed by atoms with Gasteiger partial charge in [0.1, 0.15) is 6.10 Å². The lowest BCUT2D eigenvalue weighted by Crippen LogP contribution is -2.66. The first-order valence-electron chi connectivity index (χ1n) is 21.6. The highest BCUT2D eigenvalue weighted by Crippen LogP contribution is 2.77. The molecule has 0 heterocycles. The molecule has 0 radical (unpaired) electrons. The number of fused-ring (bicyclic) bond motifs is 7. The number of carbonyl (C=O) groups excluding carboxylic acids is 1. The first-order valence-corrected chi connectivity index (χ1v) is 21.6. The Bertz CT molecular complexity index is 1090. The van der Waals surface area contributed by atoms with Gasteiger partial charge in [-0.1, -0.05) is 138 Å². The molecular formula is C46H80O2. The van der Waals surface area contributed by atoms with E-state index in [1.165, 1.54) is 140 Å². The third-order valence-electron chi connectivity index (χ3n) is 17.2. The standard InChI is InChI=1S/C46H80O2/c1-10-11-12-13-14-15-16-17-18-19-20-21-22-23-40(47)48-39-28-30-44(7)37(42(39,4)5)27-31-46(9)38(44)25-24-36-41-35(34(2)3)26-29-43(41,6)32-33-45(36,46)8/h35-39,41H,2,10-33H2,1,3-9H3/t35-,36+,37-,38+,39?,41+,43+,44-,45+,46+/m0/s1. The molecule has 5 aliphatic carbocycles. The SMILES string of the molecule is C=C(C)[C@@H]1CC[C@]2(C)CC[C@]3(C)[C@H](CC[C@@H]4[C@@]5(C)CCC(OC(=O)CCCCCCCCCCCCCCC)C(C)(C)[C@@H]5CC[C@]43C)[C@@H]12. The fourth-order valence-electron chi connectivity index (χ4n) is 14.2. The number of unbranched alkanes of at least 4 members (excludes halogenated alkanes) is 12. The number of hydrogen-bond acceptors (Lipinski definition) is 2. The third kappa shape index (κ3) is 7.14. The van der Waals surface area contributed by atoms with Gasteiger partial charge in [-0.05, 0) is 129 Å². The highest BCUT2D eigenvalue weighted by atomic mass is 16.5. The smallest absolute Gasteiger partial charge is 0.306 e. The molecular weight excluding hydrogens is 585 g/mol. The summed E-state index contributed by atoms with van der Waals surface area (Å²) in [5.41, 5.74) is 3.19. The van der Waals surface area contributed by atoms with E-state index in [2.05, 4.69) is 62.0 Å². The van der Waals surface area contributed by atoms with Gasteiger partial charge < -0.3 is 4.74 Å². The summed E-state index contributed by atoms with van der Waals surface area (Å²) in [7, 11) is 0. The molecule has 0 aliphatic heterocycles. The fourth-order valence-corrected chi connectivity index (χ4v) is 14.2. The molecule has 0 saturated heterocycles. The van der Waals surface area contributed by atoms with E-state index in [9.17, 15) is 4.79 Å². The highest BCUT2D eigenvalue weighted by Gasteiger charge is 2.70. The van der Waals surface area contributed by atoms with E-state index in [1.54, 1.807) is 0 Å². The van der Waals surface area contributed by atoms with Crippen molar-refractivity contribution in [3.05, 3.63) is 12.2 Å². The van der Waals surface area contributed by atoms with Crippen LogP contribution in [0.3, 0.4) is 0 Å². The van der Waals surface area contributed by atoms with Crippen molar-refractivity contribution in [2.75, 3.05) is 0 Å². The van der Waals surface area contributed by atoms with Crippen molar-refractivity contribution in [3.63, 3.8) is 0 Å². The van der Waals surface area contributed by atoms with Crippen LogP contribution >= 0.6 is 0 Å². The van der Waals surface area contributed by atoms with Crippen molar-refractivity contribution in [1.29, 1.82) is 0 Å². The molecule has 5 aliphatic rings. The molecule has 5 fully saturated rings. The van der Waals surface area contributed by atoms with Gasteiger partial charge in [-0.3, -0.25) is 4.79 Å². The van der Waals surface area contributed by atoms with E-state index in [0.717, 1.165) is 36.5 Å². The van der Waals surface area contributed by atoms with Crippen LogP contribution < -0.4 is 0 Å². The van der Waals surface area contributed by atoms with Crippen LogP contribution in [0.15, 0.2) is 12.2 Å². The van der Waals surface area contributed by atoms with Gasteiger partial charge in [-0.2, -0.15) is 0 Å². The van der Waals surface area contributed by atoms with E-state index < -0.39 is 0 Å². The Morgan fingerprint density at radius 1 is 0.646 bits per heavy atom. The maximum Gasteiger partial charge on any atom is 0.306 e. The second kappa shape index (κ2) is 15.4. The molecule has 48 heavy (non-hydrogen) atoms. The molecule has 10 atom stereocenters. The molecule has 2 nitrogen and oxygen atoms in total. The lowest BCUT2D eigenvalue weighted by Gasteiger charge is -2.73. The number of rotatable bonds is 16. The first kappa shape index (κ1) is 38.4. The van der Waals surface area contributed by atoms with Crippen molar-refractivity contribution in [2.24, 2.45) is 56.7 Å². The number of carbonyl (C=O) groups is 1. The van der Waals surface area contributed by atoms with Crippen molar-refractivity contribution < 1.29 is 9.53 Å². The maximum atomic E-state index is 13.2. The molecule has 5 rings (SSSR count). The van der Waals surface area contributed by atoms with Gasteiger partial charge >= 0.3 is 5.97 Å². The van der Waals surface area contributed by atoms with Crippen molar-refractivity contribution in [1.82, 2.24) is 0 Å². The van der Waals surface area contributed by atoms with Crippen LogP contribution in [0.25, 0.3) is 0 Å². The molecule has 0 bridgehead atoms. The average molecular weight is 665 g/mol. The minimum Gasteiger partial charge on any atom is -0.462 e. The van der Waals surface area contributed by atoms with Gasteiger partial charge in [0.05, 0.1) is 0 Å². The van der Waals surface area contributed by atoms with Crippen molar-refractivity contribution >= 4 is 5.97 Å². The molecule has 276 valence electrons. The second-order valence-electron chi connectivity index (χ2n) is 20.2. The number of ether oxygens (including phenoxy) is 1. The summed E-state index contributed by atoms with van der Waals surface area (Å²) in [6.07, 6.45) is 31.4. The van der Waals surface area contributed by atoms with E-state index in [1.807, 2.05) is 0 Å². The average Bonchev–Trinajstić information content (AvgIpc) is 3.39. The predicted octanol–water partition coefficient (Wildman–Crippen LogP) is 14.1. The normalized spacial score (nSPS) is 41.5. The van der Waals surface area contributed by atoms with Crippen LogP contribution in [0.2, 0.25) is 0 Å². The lowest BCUT2D eigenvalue weighted by atomic mass is 9.32. The van der Waals surface area contributed by atoms with Crippen LogP contribution in [0.5, 0.6) is 0 Å². The molecule has 0 N–H and O–H groups in total. The monoisotopic (exact) mass is 665 g/mol. The zero-order chi connectivity index (χ0) is 34.8. The van der Waals surface area contributed by atoms with Gasteiger partial charge in [0.15, 0.2) is 0 Å². The number of esters is 1. The van der Waals surface area contributed by atoms with Crippen molar-refractivity contribution in [3.8, 4) is 0 Å². The molecule has 2 heteroatoms. The molecule has 0 aromatic carbocycles. The molecule has 0 amide bonds. The second-order valence-corrected chi connectivity index (χ2v) is 20.2. The summed E-state index contributed by atoms with van der Waals surface area (Å²) >= 11 is 0. The van der Waals surface area contributed by atoms with Gasteiger partial charge in [0, 0.05) is 11.8 Å². The first-order chi connectivity index (χ1) is 22.7. The fraction of sp³-hybridized carbons (Fsp3) is 0.935. The number of hydrogen-bond donors (Lipinski definition) is 0. The zero-order valence-electron chi connectivity index (χ0n) is 33.5. The number of allylic oxidation sites excluding steroid dienone is 1. The maximum absolute atomic E-state index is 13.2. The van der Waals surface area contributed by atoms with Gasteiger partial charge in [0.2, 0.25) is 0 Å². The summed E-state index contributed by atoms with van der Waals surface area (Å²) in [5.74, 6) is 3.89. The van der Waals surface area contributed by atoms with Crippen LogP contribution in [0, 0.1) is 56.7 Å². The Kier molecular flexibility index (Phi) is 12.4. The summed E-state index contributed by atoms with van der Waals surface area (Å²) in [6.45, 7) is 25.0. The molecule has 0 aromatic heterocycles. The largest absolute Gasteiger partial charge is 0.462 e. The summed E-state index contributed by atoms with van der Waals surface area (Å²) < 4.78 is 6.42. The molecule has 1 unspecified atom stereocenters. The van der Waals surface area contributed by atoms with Crippen LogP contribution in [0.1, 0.15) is 209 Å². The Morgan fingerprint density at radius 3 is 1.85 bits per heavy atom. The van der Waals surface area contributed by atoms with Crippen LogP contribution in [0.4, 0.5) is 0 Å². The predicted molar refractivity (Wildman–Crippen MR) is 205 cm³/mol.